The van der Waals surface area contributed by atoms with Crippen molar-refractivity contribution in [2.45, 2.75) is 95.1 Å². The van der Waals surface area contributed by atoms with Crippen LogP contribution in [0.2, 0.25) is 0 Å². The Bertz CT molecular complexity index is 1300. The Hall–Kier alpha value is -3.00. The number of ether oxygens (including phenoxy) is 7. The topological polar surface area (TPSA) is 136 Å². The number of carboxylic acid groups (broad SMARTS) is 1. The summed E-state index contributed by atoms with van der Waals surface area (Å²) in [6.45, 7) is 1.81. The molecule has 0 bridgehead atoms. The molecule has 2 aliphatic heterocycles. The highest BCUT2D eigenvalue weighted by molar-refractivity contribution is 7.99. The fourth-order valence-electron chi connectivity index (χ4n) is 6.16. The van der Waals surface area contributed by atoms with Crippen molar-refractivity contribution in [2.24, 2.45) is 5.92 Å². The van der Waals surface area contributed by atoms with E-state index in [2.05, 4.69) is 0 Å². The third kappa shape index (κ3) is 12.4. The smallest absolute Gasteiger partial charge is 0.335 e. The molecule has 3 fully saturated rings. The zero-order valence-electron chi connectivity index (χ0n) is 27.9. The zero-order valence-corrected chi connectivity index (χ0v) is 28.7. The van der Waals surface area contributed by atoms with Gasteiger partial charge in [0.1, 0.15) is 30.0 Å². The zero-order chi connectivity index (χ0) is 34.3. The highest BCUT2D eigenvalue weighted by atomic mass is 32.2. The molecular weight excluding hydrogens is 652 g/mol. The van der Waals surface area contributed by atoms with E-state index >= 15 is 0 Å². The predicted molar refractivity (Wildman–Crippen MR) is 182 cm³/mol. The lowest BCUT2D eigenvalue weighted by Gasteiger charge is -2.32. The number of carbonyl (C=O) groups is 3. The summed E-state index contributed by atoms with van der Waals surface area (Å²) < 4.78 is 42.3. The molecule has 0 aromatic heterocycles. The number of para-hydroxylation sites is 1. The number of carbonyl (C=O) groups excluding carboxylic acids is 2. The number of hydrogen-bond acceptors (Lipinski definition) is 11. The van der Waals surface area contributed by atoms with Crippen molar-refractivity contribution in [1.29, 1.82) is 0 Å². The molecule has 0 spiro atoms. The van der Waals surface area contributed by atoms with Crippen LogP contribution in [0, 0.1) is 5.92 Å². The lowest BCUT2D eigenvalue weighted by Crippen LogP contribution is -2.40. The average Bonchev–Trinajstić information content (AvgIpc) is 3.41. The predicted octanol–water partition coefficient (Wildman–Crippen LogP) is 6.07. The molecule has 0 amide bonds. The molecule has 2 aromatic rings. The summed E-state index contributed by atoms with van der Waals surface area (Å²) >= 11 is 1.68. The number of benzene rings is 2. The van der Waals surface area contributed by atoms with Crippen LogP contribution < -0.4 is 9.47 Å². The van der Waals surface area contributed by atoms with Crippen molar-refractivity contribution in [3.05, 3.63) is 60.2 Å². The van der Waals surface area contributed by atoms with Crippen molar-refractivity contribution < 1.29 is 52.6 Å². The number of rotatable bonds is 19. The second kappa shape index (κ2) is 20.0. The lowest BCUT2D eigenvalue weighted by atomic mass is 10.0. The number of carboxylic acids is 1. The van der Waals surface area contributed by atoms with E-state index in [1.54, 1.807) is 11.8 Å². The largest absolute Gasteiger partial charge is 0.491 e. The van der Waals surface area contributed by atoms with E-state index < -0.39 is 24.3 Å². The van der Waals surface area contributed by atoms with Crippen LogP contribution in [0.15, 0.2) is 54.6 Å². The first-order valence-electron chi connectivity index (χ1n) is 17.4. The number of hydrogen-bond donors (Lipinski definition) is 1. The SMILES string of the molecule is O=C(CCCSCCC1C(=O)CC(OC2CCCCO2)C1OCC(COc1ccccc1)OC1CCCCO1)Oc1ccc(C(=O)O)cc1. The maximum absolute atomic E-state index is 13.4. The molecule has 2 heterocycles. The van der Waals surface area contributed by atoms with E-state index in [0.717, 1.165) is 55.8 Å². The van der Waals surface area contributed by atoms with E-state index in [9.17, 15) is 14.4 Å². The van der Waals surface area contributed by atoms with Crippen molar-refractivity contribution >= 4 is 29.5 Å². The molecule has 6 atom stereocenters. The highest BCUT2D eigenvalue weighted by Crippen LogP contribution is 2.34. The van der Waals surface area contributed by atoms with Gasteiger partial charge in [-0.05, 0) is 99.3 Å². The summed E-state index contributed by atoms with van der Waals surface area (Å²) in [4.78, 5) is 36.7. The summed E-state index contributed by atoms with van der Waals surface area (Å²) in [5, 5.41) is 9.02. The van der Waals surface area contributed by atoms with Gasteiger partial charge in [0.25, 0.3) is 0 Å². The van der Waals surface area contributed by atoms with E-state index in [-0.39, 0.29) is 61.9 Å². The van der Waals surface area contributed by atoms with Crippen molar-refractivity contribution in [1.82, 2.24) is 0 Å². The average molecular weight is 701 g/mol. The molecule has 11 nitrogen and oxygen atoms in total. The third-order valence-electron chi connectivity index (χ3n) is 8.75. The molecule has 5 rings (SSSR count). The number of ketones is 1. The molecule has 1 aliphatic carbocycles. The summed E-state index contributed by atoms with van der Waals surface area (Å²) in [5.41, 5.74) is 0.129. The Morgan fingerprint density at radius 1 is 0.878 bits per heavy atom. The molecule has 1 saturated carbocycles. The molecule has 1 N–H and O–H groups in total. The first-order chi connectivity index (χ1) is 23.9. The highest BCUT2D eigenvalue weighted by Gasteiger charge is 2.45. The van der Waals surface area contributed by atoms with Crippen LogP contribution in [0.4, 0.5) is 0 Å². The lowest BCUT2D eigenvalue weighted by molar-refractivity contribution is -0.226. The Kier molecular flexibility index (Phi) is 15.2. The minimum absolute atomic E-state index is 0.123. The van der Waals surface area contributed by atoms with Gasteiger partial charge in [0.15, 0.2) is 12.6 Å². The summed E-state index contributed by atoms with van der Waals surface area (Å²) in [6, 6.07) is 15.3. The minimum atomic E-state index is -1.04. The molecule has 2 aromatic carbocycles. The molecule has 3 aliphatic rings. The molecular formula is C37H48O11S. The van der Waals surface area contributed by atoms with Crippen LogP contribution in [0.5, 0.6) is 11.5 Å². The maximum Gasteiger partial charge on any atom is 0.335 e. The van der Waals surface area contributed by atoms with Gasteiger partial charge in [-0.25, -0.2) is 4.79 Å². The van der Waals surface area contributed by atoms with E-state index in [1.807, 2.05) is 30.3 Å². The Labute approximate surface area is 292 Å². The first-order valence-corrected chi connectivity index (χ1v) is 18.6. The molecule has 12 heteroatoms. The standard InChI is InChI=1S/C37H48O11S/c38-31-23-32(48-35-13-5-7-20-43-35)36(45-25-29(47-34-12-4-6-19-42-34)24-44-27-9-2-1-3-10-27)30(31)18-22-49-21-8-11-33(39)46-28-16-14-26(15-17-28)37(40)41/h1-3,9-10,14-17,29-30,32,34-36H,4-8,11-13,18-25H2,(H,40,41). The van der Waals surface area contributed by atoms with Crippen LogP contribution in [-0.2, 0) is 33.3 Å². The Morgan fingerprint density at radius 3 is 2.31 bits per heavy atom. The molecule has 49 heavy (non-hydrogen) atoms. The second-order valence-corrected chi connectivity index (χ2v) is 13.8. The van der Waals surface area contributed by atoms with Gasteiger partial charge in [-0.2, -0.15) is 11.8 Å². The molecule has 2 saturated heterocycles. The van der Waals surface area contributed by atoms with Gasteiger partial charge >= 0.3 is 11.9 Å². The van der Waals surface area contributed by atoms with E-state index in [0.29, 0.717) is 31.8 Å². The van der Waals surface area contributed by atoms with Crippen LogP contribution in [-0.4, -0.2) is 91.7 Å². The van der Waals surface area contributed by atoms with Gasteiger partial charge in [0.2, 0.25) is 0 Å². The van der Waals surface area contributed by atoms with Crippen LogP contribution in [0.25, 0.3) is 0 Å². The Balaban J connectivity index is 1.12. The number of esters is 1. The van der Waals surface area contributed by atoms with Crippen molar-refractivity contribution in [2.75, 3.05) is 37.9 Å². The third-order valence-corrected chi connectivity index (χ3v) is 9.86. The Morgan fingerprint density at radius 2 is 1.61 bits per heavy atom. The number of Topliss-reactive ketones (excluding diaryl/α,β-unsaturated/α-hetero) is 1. The van der Waals surface area contributed by atoms with Crippen LogP contribution in [0.3, 0.4) is 0 Å². The molecule has 6 unspecified atom stereocenters. The maximum atomic E-state index is 13.4. The van der Waals surface area contributed by atoms with Gasteiger partial charge in [-0.1, -0.05) is 18.2 Å². The second-order valence-electron chi connectivity index (χ2n) is 12.5. The molecule has 268 valence electrons. The van der Waals surface area contributed by atoms with Gasteiger partial charge in [-0.3, -0.25) is 9.59 Å². The van der Waals surface area contributed by atoms with Gasteiger partial charge in [-0.15, -0.1) is 0 Å². The summed E-state index contributed by atoms with van der Waals surface area (Å²) in [5.74, 6) is 0.883. The van der Waals surface area contributed by atoms with Crippen LogP contribution in [0.1, 0.15) is 74.6 Å². The fourth-order valence-corrected chi connectivity index (χ4v) is 7.13. The summed E-state index contributed by atoms with van der Waals surface area (Å²) in [7, 11) is 0. The van der Waals surface area contributed by atoms with Gasteiger partial charge in [0, 0.05) is 32.0 Å². The first kappa shape index (κ1) is 37.3. The summed E-state index contributed by atoms with van der Waals surface area (Å²) in [6.07, 6.45) is 5.50. The number of thioether (sulfide) groups is 1. The fraction of sp³-hybridized carbons (Fsp3) is 0.595. The normalized spacial score (nSPS) is 24.7. The van der Waals surface area contributed by atoms with E-state index in [4.69, 9.17) is 38.3 Å². The monoisotopic (exact) mass is 700 g/mol. The quantitative estimate of drug-likeness (QED) is 0.104. The van der Waals surface area contributed by atoms with Crippen molar-refractivity contribution in [3.8, 4) is 11.5 Å². The van der Waals surface area contributed by atoms with Gasteiger partial charge in [0.05, 0.1) is 24.4 Å². The van der Waals surface area contributed by atoms with E-state index in [1.165, 1.54) is 24.3 Å². The molecule has 0 radical (unpaired) electrons. The number of aromatic carboxylic acids is 1. The minimum Gasteiger partial charge on any atom is -0.491 e. The van der Waals surface area contributed by atoms with Crippen molar-refractivity contribution in [3.63, 3.8) is 0 Å². The van der Waals surface area contributed by atoms with Gasteiger partial charge < -0.3 is 38.3 Å². The van der Waals surface area contributed by atoms with Crippen LogP contribution >= 0.6 is 11.8 Å².